The maximum Gasteiger partial charge on any atom is 0.136 e. The minimum absolute atomic E-state index is 0.0446. The molecule has 0 unspecified atom stereocenters. The summed E-state index contributed by atoms with van der Waals surface area (Å²) in [6, 6.07) is 3.57. The van der Waals surface area contributed by atoms with Crippen molar-refractivity contribution in [3.8, 4) is 0 Å². The number of nitrogen functional groups attached to an aromatic ring is 1. The number of pyridine rings is 1. The molecule has 0 atom stereocenters. The zero-order chi connectivity index (χ0) is 12.0. The summed E-state index contributed by atoms with van der Waals surface area (Å²) in [6.45, 7) is 1.85. The van der Waals surface area contributed by atoms with E-state index in [0.717, 1.165) is 19.5 Å². The molecule has 0 aliphatic heterocycles. The van der Waals surface area contributed by atoms with Crippen molar-refractivity contribution in [1.82, 2.24) is 9.88 Å². The number of amidine groups is 1. The largest absolute Gasteiger partial charge is 0.384 e. The molecular formula is C11H19N5. The lowest BCUT2D eigenvalue weighted by Gasteiger charge is -2.12. The highest BCUT2D eigenvalue weighted by atomic mass is 15.1. The summed E-state index contributed by atoms with van der Waals surface area (Å²) < 4.78 is 0. The topological polar surface area (TPSA) is 78.0 Å². The van der Waals surface area contributed by atoms with Crippen molar-refractivity contribution in [2.45, 2.75) is 6.42 Å². The van der Waals surface area contributed by atoms with Crippen LogP contribution in [0.1, 0.15) is 12.0 Å². The van der Waals surface area contributed by atoms with Crippen LogP contribution in [0, 0.1) is 5.41 Å². The quantitative estimate of drug-likeness (QED) is 0.376. The molecule has 0 fully saturated rings. The maximum absolute atomic E-state index is 7.41. The Morgan fingerprint density at radius 1 is 1.56 bits per heavy atom. The predicted octanol–water partition coefficient (Wildman–Crippen LogP) is 0.729. The van der Waals surface area contributed by atoms with Gasteiger partial charge in [-0.1, -0.05) is 0 Å². The van der Waals surface area contributed by atoms with Crippen LogP contribution in [0.25, 0.3) is 0 Å². The molecule has 0 bridgehead atoms. The van der Waals surface area contributed by atoms with Crippen LogP contribution in [0.2, 0.25) is 0 Å². The van der Waals surface area contributed by atoms with Gasteiger partial charge in [-0.15, -0.1) is 0 Å². The highest BCUT2D eigenvalue weighted by Gasteiger charge is 2.04. The van der Waals surface area contributed by atoms with Gasteiger partial charge in [0.2, 0.25) is 0 Å². The van der Waals surface area contributed by atoms with Gasteiger partial charge < -0.3 is 16.0 Å². The number of aromatic nitrogens is 1. The minimum atomic E-state index is 0.0446. The van der Waals surface area contributed by atoms with Crippen LogP contribution in [0.4, 0.5) is 5.82 Å². The predicted molar refractivity (Wildman–Crippen MR) is 66.9 cm³/mol. The fourth-order valence-electron chi connectivity index (χ4n) is 1.37. The molecule has 4 N–H and O–H groups in total. The summed E-state index contributed by atoms with van der Waals surface area (Å²) >= 11 is 0. The van der Waals surface area contributed by atoms with Crippen molar-refractivity contribution in [3.05, 3.63) is 23.9 Å². The zero-order valence-corrected chi connectivity index (χ0v) is 9.83. The third-order valence-electron chi connectivity index (χ3n) is 2.17. The highest BCUT2D eigenvalue weighted by Crippen LogP contribution is 2.09. The number of nitrogens with two attached hydrogens (primary N) is 1. The molecule has 0 aliphatic carbocycles. The van der Waals surface area contributed by atoms with Gasteiger partial charge in [0.05, 0.1) is 5.56 Å². The van der Waals surface area contributed by atoms with Gasteiger partial charge in [-0.05, 0) is 39.2 Å². The smallest absolute Gasteiger partial charge is 0.136 e. The first-order valence-electron chi connectivity index (χ1n) is 5.29. The summed E-state index contributed by atoms with van der Waals surface area (Å²) in [5.41, 5.74) is 6.12. The van der Waals surface area contributed by atoms with E-state index in [0.29, 0.717) is 11.4 Å². The van der Waals surface area contributed by atoms with Crippen molar-refractivity contribution in [2.24, 2.45) is 5.73 Å². The molecule has 0 radical (unpaired) electrons. The lowest BCUT2D eigenvalue weighted by atomic mass is 10.2. The Kier molecular flexibility index (Phi) is 4.72. The summed E-state index contributed by atoms with van der Waals surface area (Å²) in [7, 11) is 4.09. The molecule has 5 nitrogen and oxygen atoms in total. The second-order valence-electron chi connectivity index (χ2n) is 3.90. The number of nitrogens with zero attached hydrogens (tertiary/aromatic N) is 2. The molecule has 0 aliphatic rings. The molecule has 1 rings (SSSR count). The van der Waals surface area contributed by atoms with E-state index >= 15 is 0 Å². The van der Waals surface area contributed by atoms with Gasteiger partial charge in [0.1, 0.15) is 11.7 Å². The van der Waals surface area contributed by atoms with E-state index in [1.54, 1.807) is 18.3 Å². The van der Waals surface area contributed by atoms with Crippen LogP contribution in [-0.2, 0) is 0 Å². The molecule has 5 heteroatoms. The van der Waals surface area contributed by atoms with Gasteiger partial charge in [-0.25, -0.2) is 4.98 Å². The SMILES string of the molecule is CN(C)CCCNc1ncccc1C(=N)N. The second-order valence-corrected chi connectivity index (χ2v) is 3.90. The number of rotatable bonds is 6. The van der Waals surface area contributed by atoms with Gasteiger partial charge >= 0.3 is 0 Å². The van der Waals surface area contributed by atoms with E-state index in [4.69, 9.17) is 11.1 Å². The van der Waals surface area contributed by atoms with Crippen molar-refractivity contribution in [2.75, 3.05) is 32.5 Å². The van der Waals surface area contributed by atoms with Crippen molar-refractivity contribution < 1.29 is 0 Å². The van der Waals surface area contributed by atoms with Crippen molar-refractivity contribution in [1.29, 1.82) is 5.41 Å². The van der Waals surface area contributed by atoms with E-state index in [-0.39, 0.29) is 5.84 Å². The number of hydrogen-bond acceptors (Lipinski definition) is 4. The third kappa shape index (κ3) is 3.86. The molecule has 16 heavy (non-hydrogen) atoms. The average Bonchev–Trinajstić information content (AvgIpc) is 2.24. The van der Waals surface area contributed by atoms with E-state index in [9.17, 15) is 0 Å². The molecule has 88 valence electrons. The lowest BCUT2D eigenvalue weighted by Crippen LogP contribution is -2.19. The fraction of sp³-hybridized carbons (Fsp3) is 0.455. The maximum atomic E-state index is 7.41. The molecule has 1 aromatic heterocycles. The molecule has 1 heterocycles. The van der Waals surface area contributed by atoms with E-state index in [1.807, 2.05) is 14.1 Å². The molecule has 1 aromatic rings. The Balaban J connectivity index is 2.50. The summed E-state index contributed by atoms with van der Waals surface area (Å²) in [5, 5.41) is 10.6. The molecule has 0 amide bonds. The standard InChI is InChI=1S/C11H19N5/c1-16(2)8-4-7-15-11-9(10(12)13)5-3-6-14-11/h3,5-6H,4,7-8H2,1-2H3,(H3,12,13)(H,14,15). The first-order valence-corrected chi connectivity index (χ1v) is 5.29. The Hall–Kier alpha value is -1.62. The van der Waals surface area contributed by atoms with Gasteiger partial charge in [-0.3, -0.25) is 5.41 Å². The van der Waals surface area contributed by atoms with Crippen LogP contribution < -0.4 is 11.1 Å². The first kappa shape index (κ1) is 12.4. The fourth-order valence-corrected chi connectivity index (χ4v) is 1.37. The van der Waals surface area contributed by atoms with E-state index < -0.39 is 0 Å². The summed E-state index contributed by atoms with van der Waals surface area (Å²) in [6.07, 6.45) is 2.72. The molecule has 0 saturated carbocycles. The molecule has 0 spiro atoms. The zero-order valence-electron chi connectivity index (χ0n) is 9.83. The Morgan fingerprint density at radius 3 is 2.94 bits per heavy atom. The number of hydrogen-bond donors (Lipinski definition) is 3. The average molecular weight is 221 g/mol. The van der Waals surface area contributed by atoms with Gasteiger partial charge in [0.25, 0.3) is 0 Å². The van der Waals surface area contributed by atoms with E-state index in [1.165, 1.54) is 0 Å². The number of nitrogens with one attached hydrogen (secondary N) is 2. The minimum Gasteiger partial charge on any atom is -0.384 e. The highest BCUT2D eigenvalue weighted by molar-refractivity contribution is 5.99. The summed E-state index contributed by atoms with van der Waals surface area (Å²) in [5.74, 6) is 0.733. The monoisotopic (exact) mass is 221 g/mol. The van der Waals surface area contributed by atoms with Crippen molar-refractivity contribution >= 4 is 11.7 Å². The summed E-state index contributed by atoms with van der Waals surface area (Å²) in [4.78, 5) is 6.30. The third-order valence-corrected chi connectivity index (χ3v) is 2.17. The first-order chi connectivity index (χ1) is 7.61. The molecule has 0 saturated heterocycles. The van der Waals surface area contributed by atoms with Crippen LogP contribution in [0.5, 0.6) is 0 Å². The van der Waals surface area contributed by atoms with Crippen LogP contribution in [0.15, 0.2) is 18.3 Å². The molecular weight excluding hydrogens is 202 g/mol. The Morgan fingerprint density at radius 2 is 2.31 bits per heavy atom. The normalized spacial score (nSPS) is 10.4. The van der Waals surface area contributed by atoms with Crippen molar-refractivity contribution in [3.63, 3.8) is 0 Å². The van der Waals surface area contributed by atoms with Gasteiger partial charge in [-0.2, -0.15) is 0 Å². The van der Waals surface area contributed by atoms with Crippen LogP contribution in [-0.4, -0.2) is 42.9 Å². The lowest BCUT2D eigenvalue weighted by molar-refractivity contribution is 0.405. The van der Waals surface area contributed by atoms with Gasteiger partial charge in [0.15, 0.2) is 0 Å². The molecule has 0 aromatic carbocycles. The van der Waals surface area contributed by atoms with E-state index in [2.05, 4.69) is 15.2 Å². The Bertz CT molecular complexity index is 348. The number of anilines is 1. The van der Waals surface area contributed by atoms with Gasteiger partial charge in [0, 0.05) is 12.7 Å². The second kappa shape index (κ2) is 6.07. The van der Waals surface area contributed by atoms with Crippen LogP contribution in [0.3, 0.4) is 0 Å². The van der Waals surface area contributed by atoms with Crippen LogP contribution >= 0.6 is 0 Å². The Labute approximate surface area is 96.2 Å².